The quantitative estimate of drug-likeness (QED) is 0.591. The van der Waals surface area contributed by atoms with Crippen LogP contribution in [0.25, 0.3) is 0 Å². The van der Waals surface area contributed by atoms with Crippen molar-refractivity contribution in [3.8, 4) is 5.75 Å². The van der Waals surface area contributed by atoms with E-state index in [0.717, 1.165) is 12.0 Å². The highest BCUT2D eigenvalue weighted by Gasteiger charge is 2.41. The SMILES string of the molecule is CCc1ccccc1OC(=O)C(C)(C)C(C)(C)C. The molecule has 0 saturated heterocycles. The van der Waals surface area contributed by atoms with Crippen LogP contribution in [0.4, 0.5) is 0 Å². The van der Waals surface area contributed by atoms with E-state index in [-0.39, 0.29) is 11.4 Å². The number of carbonyl (C=O) groups is 1. The lowest BCUT2D eigenvalue weighted by atomic mass is 9.69. The van der Waals surface area contributed by atoms with Crippen molar-refractivity contribution in [1.29, 1.82) is 0 Å². The molecule has 0 bridgehead atoms. The fourth-order valence-electron chi connectivity index (χ4n) is 1.43. The molecule has 0 saturated carbocycles. The minimum absolute atomic E-state index is 0.134. The lowest BCUT2D eigenvalue weighted by Crippen LogP contribution is -2.40. The third-order valence-corrected chi connectivity index (χ3v) is 3.94. The van der Waals surface area contributed by atoms with Crippen LogP contribution in [0.2, 0.25) is 0 Å². The van der Waals surface area contributed by atoms with E-state index in [2.05, 4.69) is 27.7 Å². The normalized spacial score (nSPS) is 12.3. The number of para-hydroxylation sites is 1. The maximum Gasteiger partial charge on any atom is 0.317 e. The van der Waals surface area contributed by atoms with E-state index in [1.54, 1.807) is 0 Å². The number of aryl methyl sites for hydroxylation is 1. The summed E-state index contributed by atoms with van der Waals surface area (Å²) in [5.41, 5.74) is 0.412. The van der Waals surface area contributed by atoms with Gasteiger partial charge >= 0.3 is 5.97 Å². The van der Waals surface area contributed by atoms with Crippen LogP contribution < -0.4 is 4.74 Å². The Labute approximate surface area is 110 Å². The second kappa shape index (κ2) is 5.13. The van der Waals surface area contributed by atoms with Crippen molar-refractivity contribution >= 4 is 5.97 Å². The first-order chi connectivity index (χ1) is 8.20. The molecule has 0 aliphatic rings. The molecule has 0 fully saturated rings. The Morgan fingerprint density at radius 2 is 1.67 bits per heavy atom. The van der Waals surface area contributed by atoms with Gasteiger partial charge in [0.15, 0.2) is 0 Å². The predicted octanol–water partition coefficient (Wildman–Crippen LogP) is 4.23. The van der Waals surface area contributed by atoms with E-state index < -0.39 is 5.41 Å². The van der Waals surface area contributed by atoms with Crippen LogP contribution >= 0.6 is 0 Å². The molecule has 0 amide bonds. The molecule has 0 atom stereocenters. The lowest BCUT2D eigenvalue weighted by Gasteiger charge is -2.36. The largest absolute Gasteiger partial charge is 0.426 e. The molecule has 0 aromatic heterocycles. The van der Waals surface area contributed by atoms with Crippen LogP contribution in [-0.2, 0) is 11.2 Å². The van der Waals surface area contributed by atoms with Crippen LogP contribution in [0.5, 0.6) is 5.75 Å². The zero-order chi connectivity index (χ0) is 14.0. The van der Waals surface area contributed by atoms with Gasteiger partial charge in [-0.3, -0.25) is 4.79 Å². The summed E-state index contributed by atoms with van der Waals surface area (Å²) in [7, 11) is 0. The Balaban J connectivity index is 2.95. The van der Waals surface area contributed by atoms with Crippen LogP contribution in [0, 0.1) is 10.8 Å². The predicted molar refractivity (Wildman–Crippen MR) is 74.7 cm³/mol. The van der Waals surface area contributed by atoms with Crippen LogP contribution in [-0.4, -0.2) is 5.97 Å². The molecule has 0 heterocycles. The van der Waals surface area contributed by atoms with Crippen molar-refractivity contribution in [2.45, 2.75) is 48.0 Å². The first-order valence-corrected chi connectivity index (χ1v) is 6.50. The van der Waals surface area contributed by atoms with Gasteiger partial charge in [-0.05, 0) is 37.3 Å². The second-order valence-corrected chi connectivity index (χ2v) is 6.23. The summed E-state index contributed by atoms with van der Waals surface area (Å²) in [4.78, 5) is 12.3. The second-order valence-electron chi connectivity index (χ2n) is 6.23. The van der Waals surface area contributed by atoms with Gasteiger partial charge in [0.25, 0.3) is 0 Å². The van der Waals surface area contributed by atoms with Gasteiger partial charge in [0, 0.05) is 0 Å². The Hall–Kier alpha value is -1.31. The lowest BCUT2D eigenvalue weighted by molar-refractivity contribution is -0.150. The summed E-state index contributed by atoms with van der Waals surface area (Å²) in [6, 6.07) is 7.71. The van der Waals surface area contributed by atoms with E-state index in [9.17, 15) is 4.79 Å². The van der Waals surface area contributed by atoms with E-state index in [4.69, 9.17) is 4.74 Å². The molecule has 18 heavy (non-hydrogen) atoms. The Morgan fingerprint density at radius 1 is 1.11 bits per heavy atom. The maximum absolute atomic E-state index is 12.3. The van der Waals surface area contributed by atoms with Gasteiger partial charge in [0.05, 0.1) is 5.41 Å². The third-order valence-electron chi connectivity index (χ3n) is 3.94. The van der Waals surface area contributed by atoms with Gasteiger partial charge in [0.1, 0.15) is 5.75 Å². The van der Waals surface area contributed by atoms with Crippen molar-refractivity contribution in [2.75, 3.05) is 0 Å². The summed E-state index contributed by atoms with van der Waals surface area (Å²) in [5, 5.41) is 0. The highest BCUT2D eigenvalue weighted by Crippen LogP contribution is 2.39. The molecule has 0 aliphatic heterocycles. The Morgan fingerprint density at radius 3 is 2.17 bits per heavy atom. The molecule has 1 aromatic carbocycles. The summed E-state index contributed by atoms with van der Waals surface area (Å²) in [5.74, 6) is 0.512. The molecule has 1 aromatic rings. The van der Waals surface area contributed by atoms with Crippen molar-refractivity contribution < 1.29 is 9.53 Å². The average molecular weight is 248 g/mol. The smallest absolute Gasteiger partial charge is 0.317 e. The maximum atomic E-state index is 12.3. The standard InChI is InChI=1S/C16H24O2/c1-7-12-10-8-9-11-13(12)18-14(17)16(5,6)15(2,3)4/h8-11H,7H2,1-6H3. The van der Waals surface area contributed by atoms with Crippen molar-refractivity contribution in [1.82, 2.24) is 0 Å². The summed E-state index contributed by atoms with van der Waals surface area (Å²) < 4.78 is 5.59. The van der Waals surface area contributed by atoms with Gasteiger partial charge in [-0.25, -0.2) is 0 Å². The van der Waals surface area contributed by atoms with Gasteiger partial charge in [-0.1, -0.05) is 45.9 Å². The van der Waals surface area contributed by atoms with E-state index in [0.29, 0.717) is 5.75 Å². The Kier molecular flexibility index (Phi) is 4.20. The fourth-order valence-corrected chi connectivity index (χ4v) is 1.43. The summed E-state index contributed by atoms with van der Waals surface area (Å²) in [6.45, 7) is 12.1. The third kappa shape index (κ3) is 2.92. The molecule has 0 unspecified atom stereocenters. The zero-order valence-corrected chi connectivity index (χ0v) is 12.3. The molecule has 0 radical (unpaired) electrons. The van der Waals surface area contributed by atoms with Gasteiger partial charge < -0.3 is 4.74 Å². The number of hydrogen-bond acceptors (Lipinski definition) is 2. The molecule has 2 heteroatoms. The number of carbonyl (C=O) groups excluding carboxylic acids is 1. The molecule has 100 valence electrons. The minimum Gasteiger partial charge on any atom is -0.426 e. The first kappa shape index (κ1) is 14.7. The van der Waals surface area contributed by atoms with Gasteiger partial charge in [0.2, 0.25) is 0 Å². The molecule has 0 N–H and O–H groups in total. The van der Waals surface area contributed by atoms with Gasteiger partial charge in [-0.2, -0.15) is 0 Å². The van der Waals surface area contributed by atoms with Crippen molar-refractivity contribution in [3.63, 3.8) is 0 Å². The molecule has 0 aliphatic carbocycles. The number of ether oxygens (including phenoxy) is 1. The average Bonchev–Trinajstić information content (AvgIpc) is 2.28. The monoisotopic (exact) mass is 248 g/mol. The highest BCUT2D eigenvalue weighted by atomic mass is 16.5. The van der Waals surface area contributed by atoms with Crippen LogP contribution in [0.1, 0.15) is 47.1 Å². The number of rotatable bonds is 3. The fraction of sp³-hybridized carbons (Fsp3) is 0.562. The zero-order valence-electron chi connectivity index (χ0n) is 12.3. The first-order valence-electron chi connectivity index (χ1n) is 6.50. The number of esters is 1. The molecule has 2 nitrogen and oxygen atoms in total. The van der Waals surface area contributed by atoms with E-state index >= 15 is 0 Å². The van der Waals surface area contributed by atoms with E-state index in [1.165, 1.54) is 0 Å². The minimum atomic E-state index is -0.520. The summed E-state index contributed by atoms with van der Waals surface area (Å²) in [6.07, 6.45) is 0.861. The topological polar surface area (TPSA) is 26.3 Å². The van der Waals surface area contributed by atoms with Crippen LogP contribution in [0.15, 0.2) is 24.3 Å². The molecule has 1 rings (SSSR count). The molecule has 0 spiro atoms. The molecular weight excluding hydrogens is 224 g/mol. The van der Waals surface area contributed by atoms with Crippen LogP contribution in [0.3, 0.4) is 0 Å². The Bertz CT molecular complexity index is 425. The van der Waals surface area contributed by atoms with Gasteiger partial charge in [-0.15, -0.1) is 0 Å². The van der Waals surface area contributed by atoms with E-state index in [1.807, 2.05) is 38.1 Å². The number of hydrogen-bond donors (Lipinski definition) is 0. The summed E-state index contributed by atoms with van der Waals surface area (Å²) >= 11 is 0. The molecular formula is C16H24O2. The highest BCUT2D eigenvalue weighted by molar-refractivity contribution is 5.79. The van der Waals surface area contributed by atoms with Crippen molar-refractivity contribution in [2.24, 2.45) is 10.8 Å². The van der Waals surface area contributed by atoms with Crippen molar-refractivity contribution in [3.05, 3.63) is 29.8 Å². The number of benzene rings is 1.